The maximum absolute atomic E-state index is 12.7. The average molecular weight is 362 g/mol. The number of nitriles is 1. The predicted molar refractivity (Wildman–Crippen MR) is 115 cm³/mol. The normalized spacial score (nSPS) is 11.4. The molecule has 1 N–H and O–H groups in total. The van der Waals surface area contributed by atoms with Gasteiger partial charge in [-0.2, -0.15) is 5.26 Å². The molecule has 0 saturated carbocycles. The summed E-state index contributed by atoms with van der Waals surface area (Å²) in [7, 11) is 0. The van der Waals surface area contributed by atoms with Gasteiger partial charge >= 0.3 is 0 Å². The highest BCUT2D eigenvalue weighted by molar-refractivity contribution is 6.14. The zero-order chi connectivity index (χ0) is 19.5. The van der Waals surface area contributed by atoms with Crippen molar-refractivity contribution in [1.82, 2.24) is 0 Å². The van der Waals surface area contributed by atoms with Crippen LogP contribution in [0.25, 0.3) is 27.6 Å². The van der Waals surface area contributed by atoms with Gasteiger partial charge in [0.25, 0.3) is 5.91 Å². The first-order chi connectivity index (χ1) is 13.7. The van der Waals surface area contributed by atoms with Gasteiger partial charge in [0.1, 0.15) is 11.6 Å². The summed E-state index contributed by atoms with van der Waals surface area (Å²) in [5.41, 5.74) is 2.72. The van der Waals surface area contributed by atoms with E-state index in [0.29, 0.717) is 5.69 Å². The van der Waals surface area contributed by atoms with Crippen molar-refractivity contribution in [2.24, 2.45) is 0 Å². The molecule has 134 valence electrons. The topological polar surface area (TPSA) is 52.9 Å². The largest absolute Gasteiger partial charge is 0.321 e. The first kappa shape index (κ1) is 17.5. The van der Waals surface area contributed by atoms with Gasteiger partial charge in [-0.15, -0.1) is 0 Å². The predicted octanol–water partition coefficient (Wildman–Crippen LogP) is 5.85. The standard InChI is InChI=1S/C25H18N2O/c1-17-10-12-21(13-11-17)27-25(28)20(16-26)15-24-22-8-4-2-6-18(22)14-19-7-3-5-9-23(19)24/h2-15H,1H3,(H,27,28)/b20-15+. The van der Waals surface area contributed by atoms with Crippen molar-refractivity contribution in [3.63, 3.8) is 0 Å². The molecule has 28 heavy (non-hydrogen) atoms. The Morgan fingerprint density at radius 2 is 1.46 bits per heavy atom. The Kier molecular flexibility index (Phi) is 4.62. The number of carbonyl (C=O) groups excluding carboxylic acids is 1. The fourth-order valence-corrected chi connectivity index (χ4v) is 3.33. The van der Waals surface area contributed by atoms with Crippen LogP contribution in [0.15, 0.2) is 84.4 Å². The van der Waals surface area contributed by atoms with Crippen LogP contribution in [0.3, 0.4) is 0 Å². The van der Waals surface area contributed by atoms with Crippen LogP contribution in [-0.4, -0.2) is 5.91 Å². The van der Waals surface area contributed by atoms with Crippen molar-refractivity contribution < 1.29 is 4.79 Å². The summed E-state index contributed by atoms with van der Waals surface area (Å²) in [5.74, 6) is -0.414. The summed E-state index contributed by atoms with van der Waals surface area (Å²) >= 11 is 0. The molecule has 3 heteroatoms. The lowest BCUT2D eigenvalue weighted by Gasteiger charge is -2.09. The monoisotopic (exact) mass is 362 g/mol. The third-order valence-electron chi connectivity index (χ3n) is 4.78. The Morgan fingerprint density at radius 1 is 0.893 bits per heavy atom. The summed E-state index contributed by atoms with van der Waals surface area (Å²) < 4.78 is 0. The molecule has 3 nitrogen and oxygen atoms in total. The molecule has 4 aromatic rings. The van der Waals surface area contributed by atoms with Gasteiger partial charge in [-0.05, 0) is 58.3 Å². The van der Waals surface area contributed by atoms with Crippen molar-refractivity contribution >= 4 is 39.2 Å². The second-order valence-electron chi connectivity index (χ2n) is 6.72. The second kappa shape index (κ2) is 7.38. The molecule has 0 aliphatic rings. The Morgan fingerprint density at radius 3 is 2.04 bits per heavy atom. The molecule has 1 amide bonds. The molecular weight excluding hydrogens is 344 g/mol. The molecule has 0 saturated heterocycles. The van der Waals surface area contributed by atoms with Crippen molar-refractivity contribution in [1.29, 1.82) is 5.26 Å². The Hall–Kier alpha value is -3.90. The summed E-state index contributed by atoms with van der Waals surface area (Å²) in [6.45, 7) is 1.98. The number of fused-ring (bicyclic) bond motifs is 2. The lowest BCUT2D eigenvalue weighted by Crippen LogP contribution is -2.13. The zero-order valence-corrected chi connectivity index (χ0v) is 15.4. The van der Waals surface area contributed by atoms with Crippen LogP contribution in [0.1, 0.15) is 11.1 Å². The van der Waals surface area contributed by atoms with Crippen LogP contribution < -0.4 is 5.32 Å². The SMILES string of the molecule is Cc1ccc(NC(=O)/C(C#N)=C/c2c3ccccc3cc3ccccc23)cc1. The van der Waals surface area contributed by atoms with Gasteiger partial charge in [0.05, 0.1) is 0 Å². The average Bonchev–Trinajstić information content (AvgIpc) is 2.72. The number of benzene rings is 4. The summed E-state index contributed by atoms with van der Waals surface area (Å²) in [5, 5.41) is 16.6. The van der Waals surface area contributed by atoms with Gasteiger partial charge in [0.2, 0.25) is 0 Å². The van der Waals surface area contributed by atoms with Crippen molar-refractivity contribution in [2.45, 2.75) is 6.92 Å². The Balaban J connectivity index is 1.83. The summed E-state index contributed by atoms with van der Waals surface area (Å²) in [6, 6.07) is 27.7. The fraction of sp³-hybridized carbons (Fsp3) is 0.0400. The van der Waals surface area contributed by atoms with Crippen molar-refractivity contribution in [3.8, 4) is 6.07 Å². The minimum atomic E-state index is -0.414. The number of nitrogens with zero attached hydrogens (tertiary/aromatic N) is 1. The summed E-state index contributed by atoms with van der Waals surface area (Å²) in [4.78, 5) is 12.7. The van der Waals surface area contributed by atoms with E-state index in [1.807, 2.05) is 79.7 Å². The minimum absolute atomic E-state index is 0.0714. The first-order valence-corrected chi connectivity index (χ1v) is 9.06. The minimum Gasteiger partial charge on any atom is -0.321 e. The maximum Gasteiger partial charge on any atom is 0.266 e. The number of aryl methyl sites for hydroxylation is 1. The third-order valence-corrected chi connectivity index (χ3v) is 4.78. The Bertz CT molecular complexity index is 1210. The first-order valence-electron chi connectivity index (χ1n) is 9.06. The van der Waals surface area contributed by atoms with Gasteiger partial charge < -0.3 is 5.32 Å². The molecule has 4 aromatic carbocycles. The van der Waals surface area contributed by atoms with E-state index >= 15 is 0 Å². The maximum atomic E-state index is 12.7. The van der Waals surface area contributed by atoms with E-state index in [9.17, 15) is 10.1 Å². The number of carbonyl (C=O) groups is 1. The zero-order valence-electron chi connectivity index (χ0n) is 15.4. The molecule has 0 atom stereocenters. The number of hydrogen-bond donors (Lipinski definition) is 1. The van der Waals surface area contributed by atoms with Gasteiger partial charge in [-0.3, -0.25) is 4.79 Å². The van der Waals surface area contributed by atoms with E-state index in [1.54, 1.807) is 6.08 Å². The van der Waals surface area contributed by atoms with E-state index in [0.717, 1.165) is 32.7 Å². The lowest BCUT2D eigenvalue weighted by molar-refractivity contribution is -0.112. The van der Waals surface area contributed by atoms with Crippen LogP contribution in [0.5, 0.6) is 0 Å². The van der Waals surface area contributed by atoms with Crippen LogP contribution in [-0.2, 0) is 4.79 Å². The molecule has 0 aliphatic heterocycles. The van der Waals surface area contributed by atoms with E-state index < -0.39 is 5.91 Å². The molecule has 0 aliphatic carbocycles. The van der Waals surface area contributed by atoms with Gasteiger partial charge in [0.15, 0.2) is 0 Å². The molecule has 0 spiro atoms. The molecular formula is C25H18N2O. The van der Waals surface area contributed by atoms with E-state index in [4.69, 9.17) is 0 Å². The number of hydrogen-bond acceptors (Lipinski definition) is 2. The van der Waals surface area contributed by atoms with E-state index in [2.05, 4.69) is 17.5 Å². The van der Waals surface area contributed by atoms with Crippen molar-refractivity contribution in [2.75, 3.05) is 5.32 Å². The lowest BCUT2D eigenvalue weighted by atomic mass is 9.95. The number of rotatable bonds is 3. The molecule has 0 heterocycles. The highest BCUT2D eigenvalue weighted by atomic mass is 16.1. The van der Waals surface area contributed by atoms with Crippen LogP contribution >= 0.6 is 0 Å². The third kappa shape index (κ3) is 3.36. The van der Waals surface area contributed by atoms with E-state index in [1.165, 1.54) is 0 Å². The van der Waals surface area contributed by atoms with Crippen LogP contribution in [0, 0.1) is 18.3 Å². The number of nitrogens with one attached hydrogen (secondary N) is 1. The van der Waals surface area contributed by atoms with Gasteiger partial charge in [-0.25, -0.2) is 0 Å². The van der Waals surface area contributed by atoms with Crippen LogP contribution in [0.2, 0.25) is 0 Å². The molecule has 0 fully saturated rings. The summed E-state index contributed by atoms with van der Waals surface area (Å²) in [6.07, 6.45) is 1.69. The molecule has 0 bridgehead atoms. The smallest absolute Gasteiger partial charge is 0.266 e. The number of amides is 1. The molecule has 0 unspecified atom stereocenters. The van der Waals surface area contributed by atoms with E-state index in [-0.39, 0.29) is 5.57 Å². The second-order valence-corrected chi connectivity index (χ2v) is 6.72. The Labute approximate surface area is 163 Å². The quantitative estimate of drug-likeness (QED) is 0.282. The van der Waals surface area contributed by atoms with Crippen LogP contribution in [0.4, 0.5) is 5.69 Å². The molecule has 0 aromatic heterocycles. The molecule has 0 radical (unpaired) electrons. The number of anilines is 1. The molecule has 4 rings (SSSR count). The fourth-order valence-electron chi connectivity index (χ4n) is 3.33. The van der Waals surface area contributed by atoms with Crippen molar-refractivity contribution in [3.05, 3.63) is 95.6 Å². The highest BCUT2D eigenvalue weighted by Crippen LogP contribution is 2.30. The highest BCUT2D eigenvalue weighted by Gasteiger charge is 2.12. The van der Waals surface area contributed by atoms with Gasteiger partial charge in [-0.1, -0.05) is 66.2 Å². The van der Waals surface area contributed by atoms with Gasteiger partial charge in [0, 0.05) is 5.69 Å².